The Morgan fingerprint density at radius 3 is 2.15 bits per heavy atom. The molecule has 0 spiro atoms. The maximum atomic E-state index is 14.0. The molecule has 0 radical (unpaired) electrons. The molecule has 250 valence electrons. The number of nitrogens with zero attached hydrogens (tertiary/aromatic N) is 1. The lowest BCUT2D eigenvalue weighted by molar-refractivity contribution is 0.0755. The monoisotopic (exact) mass is 657 g/mol. The summed E-state index contributed by atoms with van der Waals surface area (Å²) in [4.78, 5) is 28.6. The minimum atomic E-state index is -3.28. The fraction of sp³-hybridized carbons (Fsp3) is 0.429. The second kappa shape index (κ2) is 16.8. The zero-order valence-corrected chi connectivity index (χ0v) is 28.0. The van der Waals surface area contributed by atoms with Crippen molar-refractivity contribution in [3.05, 3.63) is 106 Å². The molecule has 46 heavy (non-hydrogen) atoms. The fourth-order valence-corrected chi connectivity index (χ4v) is 5.94. The lowest BCUT2D eigenvalue weighted by atomic mass is 9.99. The molecule has 0 aliphatic heterocycles. The van der Waals surface area contributed by atoms with Gasteiger partial charge in [-0.15, -0.1) is 0 Å². The van der Waals surface area contributed by atoms with Crippen LogP contribution in [0.1, 0.15) is 81.8 Å². The molecule has 0 fully saturated rings. The normalized spacial score (nSPS) is 13.6. The van der Waals surface area contributed by atoms with E-state index in [2.05, 4.69) is 10.6 Å². The van der Waals surface area contributed by atoms with Crippen molar-refractivity contribution in [2.75, 3.05) is 25.9 Å². The van der Waals surface area contributed by atoms with Gasteiger partial charge < -0.3 is 20.6 Å². The predicted molar refractivity (Wildman–Crippen MR) is 176 cm³/mol. The van der Waals surface area contributed by atoms with Gasteiger partial charge in [0.1, 0.15) is 11.6 Å². The predicted octanol–water partition coefficient (Wildman–Crippen LogP) is 5.13. The highest BCUT2D eigenvalue weighted by Crippen LogP contribution is 2.22. The minimum Gasteiger partial charge on any atom is -0.390 e. The van der Waals surface area contributed by atoms with Gasteiger partial charge in [-0.2, -0.15) is 0 Å². The number of benzene rings is 3. The molecule has 3 atom stereocenters. The summed E-state index contributed by atoms with van der Waals surface area (Å²) >= 11 is 0. The molecule has 3 aromatic carbocycles. The van der Waals surface area contributed by atoms with Crippen LogP contribution >= 0.6 is 0 Å². The van der Waals surface area contributed by atoms with Crippen LogP contribution in [0.25, 0.3) is 0 Å². The third-order valence-electron chi connectivity index (χ3n) is 7.76. The van der Waals surface area contributed by atoms with E-state index in [0.29, 0.717) is 36.3 Å². The summed E-state index contributed by atoms with van der Waals surface area (Å²) < 4.78 is 52.1. The molecule has 0 saturated carbocycles. The zero-order valence-electron chi connectivity index (χ0n) is 27.1. The van der Waals surface area contributed by atoms with Gasteiger partial charge in [-0.05, 0) is 85.7 Å². The number of carbonyl (C=O) groups is 2. The molecule has 1 unspecified atom stereocenters. The molecule has 3 rings (SSSR count). The lowest BCUT2D eigenvalue weighted by Gasteiger charge is -2.25. The maximum Gasteiger partial charge on any atom is 0.253 e. The number of aryl methyl sites for hydroxylation is 1. The highest BCUT2D eigenvalue weighted by molar-refractivity contribution is 7.90. The first-order valence-electron chi connectivity index (χ1n) is 15.5. The summed E-state index contributed by atoms with van der Waals surface area (Å²) in [5.41, 5.74) is 3.00. The van der Waals surface area contributed by atoms with Crippen molar-refractivity contribution in [1.29, 1.82) is 0 Å². The Bertz CT molecular complexity index is 1590. The standard InChI is InChI=1S/C35H45F2N3O5S/c1-6-11-40(12-7-2)35(43)29-14-23(3)13-28(19-29)34(42)39-32(18-26-16-30(36)20-31(37)17-26)33(41)22-38-21-25-9-8-10-27(15-25)24(4)46(5,44)45/h8-10,13-17,19-20,24,32-33,38,41H,6-7,11-12,18,21-22H2,1-5H3,(H,39,42)/t24?,32-,33+/m0/s1. The quantitative estimate of drug-likeness (QED) is 0.197. The van der Waals surface area contributed by atoms with E-state index in [0.717, 1.165) is 36.6 Å². The summed E-state index contributed by atoms with van der Waals surface area (Å²) in [6, 6.07) is 14.1. The van der Waals surface area contributed by atoms with E-state index in [1.165, 1.54) is 12.3 Å². The van der Waals surface area contributed by atoms with Crippen LogP contribution in [-0.2, 0) is 22.8 Å². The molecular formula is C35H45F2N3O5S. The average molecular weight is 658 g/mol. The van der Waals surface area contributed by atoms with Gasteiger partial charge in [0.05, 0.1) is 17.4 Å². The Labute approximate surface area is 271 Å². The van der Waals surface area contributed by atoms with E-state index in [4.69, 9.17) is 0 Å². The van der Waals surface area contributed by atoms with Crippen LogP contribution in [0.4, 0.5) is 8.78 Å². The van der Waals surface area contributed by atoms with Crippen LogP contribution in [0.2, 0.25) is 0 Å². The van der Waals surface area contributed by atoms with E-state index >= 15 is 0 Å². The molecule has 0 saturated heterocycles. The van der Waals surface area contributed by atoms with Gasteiger partial charge in [0.15, 0.2) is 9.84 Å². The summed E-state index contributed by atoms with van der Waals surface area (Å²) in [5.74, 6) is -2.27. The molecule has 11 heteroatoms. The Kier molecular flexibility index (Phi) is 13.4. The summed E-state index contributed by atoms with van der Waals surface area (Å²) in [6.07, 6.45) is 1.53. The number of rotatable bonds is 16. The van der Waals surface area contributed by atoms with Crippen molar-refractivity contribution < 1.29 is 31.9 Å². The maximum absolute atomic E-state index is 14.0. The smallest absolute Gasteiger partial charge is 0.253 e. The van der Waals surface area contributed by atoms with Crippen LogP contribution in [0.5, 0.6) is 0 Å². The van der Waals surface area contributed by atoms with Crippen molar-refractivity contribution >= 4 is 21.7 Å². The van der Waals surface area contributed by atoms with Crippen LogP contribution < -0.4 is 10.6 Å². The first-order chi connectivity index (χ1) is 21.7. The molecule has 3 N–H and O–H groups in total. The van der Waals surface area contributed by atoms with Crippen LogP contribution in [0.15, 0.2) is 60.7 Å². The largest absolute Gasteiger partial charge is 0.390 e. The molecule has 2 amide bonds. The number of amides is 2. The molecule has 0 aliphatic rings. The second-order valence-corrected chi connectivity index (χ2v) is 14.2. The van der Waals surface area contributed by atoms with E-state index in [1.807, 2.05) is 19.9 Å². The van der Waals surface area contributed by atoms with Gasteiger partial charge in [-0.1, -0.05) is 38.1 Å². The van der Waals surface area contributed by atoms with Gasteiger partial charge in [0.2, 0.25) is 0 Å². The molecule has 8 nitrogen and oxygen atoms in total. The molecular weight excluding hydrogens is 612 g/mol. The zero-order chi connectivity index (χ0) is 34.0. The second-order valence-electron chi connectivity index (χ2n) is 11.9. The van der Waals surface area contributed by atoms with Gasteiger partial charge in [0, 0.05) is 49.6 Å². The van der Waals surface area contributed by atoms with E-state index in [1.54, 1.807) is 49.1 Å². The molecule has 3 aromatic rings. The highest BCUT2D eigenvalue weighted by atomic mass is 32.2. The number of hydrogen-bond donors (Lipinski definition) is 3. The van der Waals surface area contributed by atoms with Gasteiger partial charge in [0.25, 0.3) is 11.8 Å². The number of sulfone groups is 1. The Morgan fingerprint density at radius 2 is 1.54 bits per heavy atom. The average Bonchev–Trinajstić information content (AvgIpc) is 2.98. The highest BCUT2D eigenvalue weighted by Gasteiger charge is 2.25. The number of aliphatic hydroxyl groups is 1. The molecule has 0 bridgehead atoms. The molecule has 0 aromatic heterocycles. The van der Waals surface area contributed by atoms with Gasteiger partial charge in [-0.3, -0.25) is 9.59 Å². The topological polar surface area (TPSA) is 116 Å². The summed E-state index contributed by atoms with van der Waals surface area (Å²) in [7, 11) is -3.28. The van der Waals surface area contributed by atoms with Crippen LogP contribution in [0, 0.1) is 18.6 Å². The first-order valence-corrected chi connectivity index (χ1v) is 17.5. The number of carbonyl (C=O) groups excluding carboxylic acids is 2. The number of nitrogens with one attached hydrogen (secondary N) is 2. The Morgan fingerprint density at radius 1 is 0.913 bits per heavy atom. The third kappa shape index (κ3) is 10.7. The van der Waals surface area contributed by atoms with Crippen molar-refractivity contribution in [1.82, 2.24) is 15.5 Å². The first kappa shape index (κ1) is 36.8. The van der Waals surface area contributed by atoms with Crippen LogP contribution in [0.3, 0.4) is 0 Å². The minimum absolute atomic E-state index is 0.00908. The summed E-state index contributed by atoms with van der Waals surface area (Å²) in [6.45, 7) is 8.88. The molecule has 0 heterocycles. The lowest BCUT2D eigenvalue weighted by Crippen LogP contribution is -2.48. The third-order valence-corrected chi connectivity index (χ3v) is 9.32. The number of aliphatic hydroxyl groups excluding tert-OH is 1. The van der Waals surface area contributed by atoms with Crippen LogP contribution in [-0.4, -0.2) is 68.3 Å². The van der Waals surface area contributed by atoms with E-state index in [-0.39, 0.29) is 30.0 Å². The number of halogens is 2. The Hall–Kier alpha value is -3.67. The van der Waals surface area contributed by atoms with Gasteiger partial charge in [-0.25, -0.2) is 17.2 Å². The van der Waals surface area contributed by atoms with Crippen molar-refractivity contribution in [3.8, 4) is 0 Å². The SMILES string of the molecule is CCCN(CCC)C(=O)c1cc(C)cc(C(=O)N[C@@H](Cc2cc(F)cc(F)c2)[C@H](O)CNCc2cccc(C(C)S(C)(=O)=O)c2)c1. The molecule has 0 aliphatic carbocycles. The van der Waals surface area contributed by atoms with Crippen molar-refractivity contribution in [2.24, 2.45) is 0 Å². The van der Waals surface area contributed by atoms with E-state index < -0.39 is 44.8 Å². The Balaban J connectivity index is 1.81. The van der Waals surface area contributed by atoms with E-state index in [9.17, 15) is 31.9 Å². The number of hydrogen-bond acceptors (Lipinski definition) is 6. The van der Waals surface area contributed by atoms with Crippen molar-refractivity contribution in [3.63, 3.8) is 0 Å². The van der Waals surface area contributed by atoms with Crippen molar-refractivity contribution in [2.45, 2.75) is 70.9 Å². The fourth-order valence-electron chi connectivity index (χ4n) is 5.30. The van der Waals surface area contributed by atoms with Gasteiger partial charge >= 0.3 is 0 Å². The summed E-state index contributed by atoms with van der Waals surface area (Å²) in [5, 5.41) is 16.5.